The Kier molecular flexibility index (Phi) is 1.78. The van der Waals surface area contributed by atoms with Gasteiger partial charge in [0.25, 0.3) is 0 Å². The molecule has 0 spiro atoms. The molecule has 0 aliphatic heterocycles. The predicted octanol–water partition coefficient (Wildman–Crippen LogP) is 1.70. The molecule has 1 aromatic carbocycles. The Bertz CT molecular complexity index is 558. The summed E-state index contributed by atoms with van der Waals surface area (Å²) in [5, 5.41) is 10.8. The van der Waals surface area contributed by atoms with Gasteiger partial charge >= 0.3 is 5.69 Å². The average Bonchev–Trinajstić information content (AvgIpc) is 2.17. The summed E-state index contributed by atoms with van der Waals surface area (Å²) in [7, 11) is 0. The van der Waals surface area contributed by atoms with Gasteiger partial charge in [0.05, 0.1) is 16.6 Å². The SMILES string of the molecule is O=c1ccoc2c([N+](=O)[O-])cccc12. The largest absolute Gasteiger partial charge is 0.457 e. The monoisotopic (exact) mass is 191 g/mol. The Hall–Kier alpha value is -2.17. The van der Waals surface area contributed by atoms with Crippen LogP contribution in [0.1, 0.15) is 0 Å². The maximum atomic E-state index is 11.3. The third-order valence-electron chi connectivity index (χ3n) is 1.86. The highest BCUT2D eigenvalue weighted by atomic mass is 16.6. The van der Waals surface area contributed by atoms with Crippen LogP contribution in [0.5, 0.6) is 0 Å². The van der Waals surface area contributed by atoms with Crippen LogP contribution in [0.25, 0.3) is 11.0 Å². The van der Waals surface area contributed by atoms with Crippen LogP contribution in [0.4, 0.5) is 5.69 Å². The molecular weight excluding hydrogens is 186 g/mol. The maximum absolute atomic E-state index is 11.3. The van der Waals surface area contributed by atoms with E-state index in [9.17, 15) is 14.9 Å². The summed E-state index contributed by atoms with van der Waals surface area (Å²) >= 11 is 0. The lowest BCUT2D eigenvalue weighted by atomic mass is 10.2. The number of para-hydroxylation sites is 1. The molecule has 5 heteroatoms. The summed E-state index contributed by atoms with van der Waals surface area (Å²) < 4.78 is 4.94. The van der Waals surface area contributed by atoms with E-state index in [0.717, 1.165) is 6.26 Å². The first kappa shape index (κ1) is 8.43. The number of non-ortho nitro benzene ring substituents is 1. The number of benzene rings is 1. The van der Waals surface area contributed by atoms with E-state index in [-0.39, 0.29) is 22.1 Å². The fourth-order valence-corrected chi connectivity index (χ4v) is 1.24. The molecule has 0 amide bonds. The zero-order valence-electron chi connectivity index (χ0n) is 6.97. The first-order valence-electron chi connectivity index (χ1n) is 3.85. The number of hydrogen-bond donors (Lipinski definition) is 0. The van der Waals surface area contributed by atoms with Gasteiger partial charge in [-0.05, 0) is 6.07 Å². The van der Waals surface area contributed by atoms with Crippen LogP contribution in [0.15, 0.2) is 39.7 Å². The predicted molar refractivity (Wildman–Crippen MR) is 49.1 cm³/mol. The first-order valence-corrected chi connectivity index (χ1v) is 3.85. The van der Waals surface area contributed by atoms with Gasteiger partial charge in [0.1, 0.15) is 0 Å². The average molecular weight is 191 g/mol. The number of nitrogens with zero attached hydrogens (tertiary/aromatic N) is 1. The molecule has 0 unspecified atom stereocenters. The third-order valence-corrected chi connectivity index (χ3v) is 1.86. The normalized spacial score (nSPS) is 10.3. The van der Waals surface area contributed by atoms with Crippen LogP contribution >= 0.6 is 0 Å². The number of nitro benzene ring substituents is 1. The molecule has 0 radical (unpaired) electrons. The molecule has 0 aliphatic rings. The molecule has 0 N–H and O–H groups in total. The van der Waals surface area contributed by atoms with E-state index in [1.807, 2.05) is 0 Å². The van der Waals surface area contributed by atoms with Gasteiger partial charge in [0.15, 0.2) is 5.43 Å². The van der Waals surface area contributed by atoms with Gasteiger partial charge in [-0.25, -0.2) is 0 Å². The fourth-order valence-electron chi connectivity index (χ4n) is 1.24. The maximum Gasteiger partial charge on any atom is 0.312 e. The molecule has 0 bridgehead atoms. The van der Waals surface area contributed by atoms with E-state index >= 15 is 0 Å². The lowest BCUT2D eigenvalue weighted by Crippen LogP contribution is -1.99. The molecular formula is C9H5NO4. The molecule has 70 valence electrons. The van der Waals surface area contributed by atoms with Crippen molar-refractivity contribution in [1.82, 2.24) is 0 Å². The molecule has 2 rings (SSSR count). The van der Waals surface area contributed by atoms with Gasteiger partial charge in [-0.3, -0.25) is 14.9 Å². The quantitative estimate of drug-likeness (QED) is 0.507. The van der Waals surface area contributed by atoms with E-state index in [2.05, 4.69) is 0 Å². The second-order valence-electron chi connectivity index (χ2n) is 2.70. The van der Waals surface area contributed by atoms with Crippen molar-refractivity contribution in [3.63, 3.8) is 0 Å². The molecule has 14 heavy (non-hydrogen) atoms. The highest BCUT2D eigenvalue weighted by molar-refractivity contribution is 5.84. The van der Waals surface area contributed by atoms with Crippen LogP contribution in [0, 0.1) is 10.1 Å². The lowest BCUT2D eigenvalue weighted by molar-refractivity contribution is -0.383. The van der Waals surface area contributed by atoms with Crippen molar-refractivity contribution >= 4 is 16.7 Å². The van der Waals surface area contributed by atoms with Crippen LogP contribution in [0.3, 0.4) is 0 Å². The van der Waals surface area contributed by atoms with E-state index < -0.39 is 4.92 Å². The number of rotatable bonds is 1. The Balaban J connectivity index is 2.95. The van der Waals surface area contributed by atoms with Crippen molar-refractivity contribution in [2.75, 3.05) is 0 Å². The zero-order valence-corrected chi connectivity index (χ0v) is 6.97. The second kappa shape index (κ2) is 2.95. The van der Waals surface area contributed by atoms with Crippen molar-refractivity contribution in [2.45, 2.75) is 0 Å². The molecule has 1 aromatic heterocycles. The van der Waals surface area contributed by atoms with E-state index in [1.165, 1.54) is 24.3 Å². The minimum atomic E-state index is -0.578. The van der Waals surface area contributed by atoms with E-state index in [4.69, 9.17) is 4.42 Å². The van der Waals surface area contributed by atoms with Crippen LogP contribution < -0.4 is 5.43 Å². The third kappa shape index (κ3) is 1.15. The molecule has 1 heterocycles. The Morgan fingerprint density at radius 3 is 2.79 bits per heavy atom. The number of nitro groups is 1. The molecule has 0 saturated carbocycles. The fraction of sp³-hybridized carbons (Fsp3) is 0. The minimum Gasteiger partial charge on any atom is -0.457 e. The van der Waals surface area contributed by atoms with Crippen molar-refractivity contribution in [2.24, 2.45) is 0 Å². The standard InChI is InChI=1S/C9H5NO4/c11-8-4-5-14-9-6(8)2-1-3-7(9)10(12)13/h1-5H. The first-order chi connectivity index (χ1) is 6.70. The van der Waals surface area contributed by atoms with Crippen molar-refractivity contribution in [3.8, 4) is 0 Å². The highest BCUT2D eigenvalue weighted by Crippen LogP contribution is 2.22. The summed E-state index contributed by atoms with van der Waals surface area (Å²) in [4.78, 5) is 21.3. The molecule has 0 atom stereocenters. The molecule has 2 aromatic rings. The van der Waals surface area contributed by atoms with Gasteiger partial charge in [0, 0.05) is 12.1 Å². The Morgan fingerprint density at radius 1 is 1.29 bits per heavy atom. The van der Waals surface area contributed by atoms with Gasteiger partial charge in [-0.1, -0.05) is 6.07 Å². The van der Waals surface area contributed by atoms with Crippen LogP contribution in [0.2, 0.25) is 0 Å². The van der Waals surface area contributed by atoms with E-state index in [1.54, 1.807) is 0 Å². The minimum absolute atomic E-state index is 0.0185. The molecule has 0 fully saturated rings. The molecule has 5 nitrogen and oxygen atoms in total. The summed E-state index contributed by atoms with van der Waals surface area (Å²) in [5.41, 5.74) is -0.458. The summed E-state index contributed by atoms with van der Waals surface area (Å²) in [6.45, 7) is 0. The number of fused-ring (bicyclic) bond motifs is 1. The molecule has 0 saturated heterocycles. The highest BCUT2D eigenvalue weighted by Gasteiger charge is 2.14. The van der Waals surface area contributed by atoms with Crippen LogP contribution in [-0.2, 0) is 0 Å². The Labute approximate surface area is 77.7 Å². The van der Waals surface area contributed by atoms with Crippen molar-refractivity contribution in [1.29, 1.82) is 0 Å². The van der Waals surface area contributed by atoms with Gasteiger partial charge < -0.3 is 4.42 Å². The van der Waals surface area contributed by atoms with E-state index in [0.29, 0.717) is 0 Å². The van der Waals surface area contributed by atoms with Crippen LogP contribution in [-0.4, -0.2) is 4.92 Å². The topological polar surface area (TPSA) is 73.3 Å². The van der Waals surface area contributed by atoms with Gasteiger partial charge in [-0.15, -0.1) is 0 Å². The zero-order chi connectivity index (χ0) is 10.1. The number of hydrogen-bond acceptors (Lipinski definition) is 4. The van der Waals surface area contributed by atoms with Gasteiger partial charge in [-0.2, -0.15) is 0 Å². The smallest absolute Gasteiger partial charge is 0.312 e. The second-order valence-corrected chi connectivity index (χ2v) is 2.70. The summed E-state index contributed by atoms with van der Waals surface area (Å²) in [6, 6.07) is 5.48. The van der Waals surface area contributed by atoms with Gasteiger partial charge in [0.2, 0.25) is 5.58 Å². The Morgan fingerprint density at radius 2 is 2.07 bits per heavy atom. The van der Waals surface area contributed by atoms with Crippen molar-refractivity contribution in [3.05, 3.63) is 50.9 Å². The summed E-state index contributed by atoms with van der Waals surface area (Å²) in [5.74, 6) is 0. The lowest BCUT2D eigenvalue weighted by Gasteiger charge is -1.95. The van der Waals surface area contributed by atoms with Crippen molar-refractivity contribution < 1.29 is 9.34 Å². The summed E-state index contributed by atoms with van der Waals surface area (Å²) in [6.07, 6.45) is 1.15. The molecule has 0 aliphatic carbocycles.